The molecule has 1 atom stereocenters. The van der Waals surface area contributed by atoms with Gasteiger partial charge in [-0.15, -0.1) is 0 Å². The van der Waals surface area contributed by atoms with Gasteiger partial charge in [-0.25, -0.2) is 4.57 Å². The van der Waals surface area contributed by atoms with Crippen LogP contribution in [-0.4, -0.2) is 35.0 Å². The smallest absolute Gasteiger partial charge is 0.466 e. The Hall–Kier alpha value is -1.24. The van der Waals surface area contributed by atoms with Crippen LogP contribution >= 0.6 is 7.82 Å². The topological polar surface area (TPSA) is 119 Å². The van der Waals surface area contributed by atoms with Crippen LogP contribution in [0.25, 0.3) is 0 Å². The number of unbranched alkanes of at least 4 members (excludes halogenated alkanes) is 5. The van der Waals surface area contributed by atoms with E-state index >= 15 is 0 Å². The molecule has 0 radical (unpaired) electrons. The lowest BCUT2D eigenvalue weighted by atomic mass is 10.1. The fraction of sp³-hybridized carbons (Fsp3) is 0.696. The molecule has 0 aromatic rings. The molecule has 31 heavy (non-hydrogen) atoms. The van der Waals surface area contributed by atoms with Crippen molar-refractivity contribution in [3.63, 3.8) is 0 Å². The van der Waals surface area contributed by atoms with E-state index in [1.54, 1.807) is 0 Å². The van der Waals surface area contributed by atoms with Gasteiger partial charge in [-0.2, -0.15) is 0 Å². The third-order valence-corrected chi connectivity index (χ3v) is 5.07. The van der Waals surface area contributed by atoms with E-state index in [1.165, 1.54) is 25.7 Å². The molecule has 0 heterocycles. The van der Waals surface area contributed by atoms with Gasteiger partial charge >= 0.3 is 13.8 Å². The molecule has 0 saturated carbocycles. The van der Waals surface area contributed by atoms with Crippen molar-refractivity contribution < 1.29 is 28.4 Å². The Labute approximate surface area is 188 Å². The molecule has 180 valence electrons. The molecule has 0 aliphatic carbocycles. The maximum absolute atomic E-state index is 11.7. The number of phosphoric acid groups is 1. The number of phosphoric ester groups is 1. The predicted octanol–water partition coefficient (Wildman–Crippen LogP) is 5.34. The highest BCUT2D eigenvalue weighted by molar-refractivity contribution is 7.46. The molecule has 0 fully saturated rings. The van der Waals surface area contributed by atoms with E-state index in [0.29, 0.717) is 12.8 Å². The lowest BCUT2D eigenvalue weighted by Crippen LogP contribution is -2.20. The summed E-state index contributed by atoms with van der Waals surface area (Å²) in [6, 6.07) is 0. The Morgan fingerprint density at radius 2 is 1.52 bits per heavy atom. The molecule has 0 aromatic heterocycles. The average molecular weight is 460 g/mol. The molecule has 0 aliphatic heterocycles. The second-order valence-corrected chi connectivity index (χ2v) is 8.62. The Bertz CT molecular complexity index is 570. The zero-order valence-corrected chi connectivity index (χ0v) is 19.9. The van der Waals surface area contributed by atoms with Crippen molar-refractivity contribution in [2.24, 2.45) is 5.73 Å². The second kappa shape index (κ2) is 20.7. The molecule has 7 nitrogen and oxygen atoms in total. The third kappa shape index (κ3) is 23.3. The summed E-state index contributed by atoms with van der Waals surface area (Å²) in [5.74, 6) is -0.308. The van der Waals surface area contributed by atoms with Crippen molar-refractivity contribution in [2.75, 3.05) is 13.2 Å². The molecule has 0 aromatic carbocycles. The Balaban J connectivity index is 3.67. The van der Waals surface area contributed by atoms with Crippen LogP contribution < -0.4 is 5.73 Å². The van der Waals surface area contributed by atoms with E-state index in [-0.39, 0.29) is 25.5 Å². The molecule has 0 bridgehead atoms. The van der Waals surface area contributed by atoms with Gasteiger partial charge < -0.3 is 20.3 Å². The summed E-state index contributed by atoms with van der Waals surface area (Å²) in [7, 11) is -4.57. The maximum Gasteiger partial charge on any atom is 0.469 e. The van der Waals surface area contributed by atoms with Crippen molar-refractivity contribution in [1.29, 1.82) is 0 Å². The van der Waals surface area contributed by atoms with E-state index in [2.05, 4.69) is 47.9 Å². The minimum absolute atomic E-state index is 0.0592. The summed E-state index contributed by atoms with van der Waals surface area (Å²) in [5.41, 5.74) is 5.40. The third-order valence-electron chi connectivity index (χ3n) is 4.50. The van der Waals surface area contributed by atoms with Crippen molar-refractivity contribution in [2.45, 2.75) is 90.1 Å². The van der Waals surface area contributed by atoms with Gasteiger partial charge in [0.2, 0.25) is 0 Å². The molecule has 0 spiro atoms. The highest BCUT2D eigenvalue weighted by atomic mass is 31.2. The Kier molecular flexibility index (Phi) is 19.8. The van der Waals surface area contributed by atoms with Crippen LogP contribution in [0, 0.1) is 0 Å². The standard InChI is InChI=1S/C23H42NO6P/c1-2-3-4-5-6-7-8-9-10-11-12-13-14-15-16-17-23(25)29-21-19-22(18-20-24)30-31(26,27)28/h6-7,9-10,12-13,22H,2-5,8,11,14-21,24H2,1H3,(H2,26,27,28). The van der Waals surface area contributed by atoms with Gasteiger partial charge in [0.15, 0.2) is 0 Å². The van der Waals surface area contributed by atoms with Gasteiger partial charge in [-0.05, 0) is 57.9 Å². The fourth-order valence-electron chi connectivity index (χ4n) is 2.83. The first-order chi connectivity index (χ1) is 14.9. The lowest BCUT2D eigenvalue weighted by molar-refractivity contribution is -0.144. The number of hydrogen-bond acceptors (Lipinski definition) is 5. The number of carbonyl (C=O) groups is 1. The summed E-state index contributed by atoms with van der Waals surface area (Å²) < 4.78 is 20.6. The predicted molar refractivity (Wildman–Crippen MR) is 125 cm³/mol. The minimum atomic E-state index is -4.57. The van der Waals surface area contributed by atoms with Crippen molar-refractivity contribution in [1.82, 2.24) is 0 Å². The van der Waals surface area contributed by atoms with Gasteiger partial charge in [0.25, 0.3) is 0 Å². The van der Waals surface area contributed by atoms with Crippen LogP contribution in [-0.2, 0) is 18.6 Å². The molecule has 0 saturated heterocycles. The van der Waals surface area contributed by atoms with Gasteiger partial charge in [0.05, 0.1) is 12.7 Å². The van der Waals surface area contributed by atoms with Crippen LogP contribution in [0.3, 0.4) is 0 Å². The van der Waals surface area contributed by atoms with Gasteiger partial charge in [-0.1, -0.05) is 56.2 Å². The number of nitrogens with two attached hydrogens (primary N) is 1. The van der Waals surface area contributed by atoms with Gasteiger partial charge in [0, 0.05) is 12.8 Å². The molecule has 8 heteroatoms. The second-order valence-electron chi connectivity index (χ2n) is 7.43. The first kappa shape index (κ1) is 29.8. The molecular weight excluding hydrogens is 417 g/mol. The normalized spacial score (nSPS) is 13.5. The van der Waals surface area contributed by atoms with Crippen LogP contribution in [0.5, 0.6) is 0 Å². The summed E-state index contributed by atoms with van der Waals surface area (Å²) in [6.45, 7) is 2.51. The van der Waals surface area contributed by atoms with E-state index in [1.807, 2.05) is 0 Å². The fourth-order valence-corrected chi connectivity index (χ4v) is 3.43. The first-order valence-electron chi connectivity index (χ1n) is 11.4. The summed E-state index contributed by atoms with van der Waals surface area (Å²) in [6.07, 6.45) is 22.7. The van der Waals surface area contributed by atoms with Crippen LogP contribution in [0.15, 0.2) is 36.5 Å². The zero-order valence-electron chi connectivity index (χ0n) is 19.0. The van der Waals surface area contributed by atoms with Crippen LogP contribution in [0.1, 0.15) is 84.0 Å². The molecule has 0 aliphatic rings. The summed E-state index contributed by atoms with van der Waals surface area (Å²) in [4.78, 5) is 29.4. The summed E-state index contributed by atoms with van der Waals surface area (Å²) in [5, 5.41) is 0. The highest BCUT2D eigenvalue weighted by Crippen LogP contribution is 2.38. The summed E-state index contributed by atoms with van der Waals surface area (Å²) >= 11 is 0. The number of allylic oxidation sites excluding steroid dienone is 6. The Morgan fingerprint density at radius 3 is 2.06 bits per heavy atom. The number of ether oxygens (including phenoxy) is 1. The maximum atomic E-state index is 11.7. The highest BCUT2D eigenvalue weighted by Gasteiger charge is 2.21. The van der Waals surface area contributed by atoms with E-state index in [4.69, 9.17) is 20.3 Å². The van der Waals surface area contributed by atoms with Crippen LogP contribution in [0.2, 0.25) is 0 Å². The number of rotatable bonds is 20. The van der Waals surface area contributed by atoms with Crippen molar-refractivity contribution in [3.8, 4) is 0 Å². The zero-order chi connectivity index (χ0) is 23.2. The van der Waals surface area contributed by atoms with E-state index < -0.39 is 13.9 Å². The average Bonchev–Trinajstić information content (AvgIpc) is 2.70. The molecular formula is C23H42NO6P. The SMILES string of the molecule is CCCCCC=CCC=CCC=CCCCCC(=O)OCCC(CCN)OP(=O)(O)O. The number of hydrogen-bond donors (Lipinski definition) is 3. The van der Waals surface area contributed by atoms with Gasteiger partial charge in [0.1, 0.15) is 0 Å². The van der Waals surface area contributed by atoms with Crippen molar-refractivity contribution >= 4 is 13.8 Å². The quantitative estimate of drug-likeness (QED) is 0.0973. The lowest BCUT2D eigenvalue weighted by Gasteiger charge is -2.17. The number of carbonyl (C=O) groups excluding carboxylic acids is 1. The van der Waals surface area contributed by atoms with E-state index in [9.17, 15) is 9.36 Å². The first-order valence-corrected chi connectivity index (χ1v) is 13.0. The largest absolute Gasteiger partial charge is 0.469 e. The van der Waals surface area contributed by atoms with Crippen LogP contribution in [0.4, 0.5) is 0 Å². The molecule has 1 unspecified atom stereocenters. The Morgan fingerprint density at radius 1 is 0.935 bits per heavy atom. The van der Waals surface area contributed by atoms with E-state index in [0.717, 1.165) is 32.1 Å². The minimum Gasteiger partial charge on any atom is -0.466 e. The number of esters is 1. The van der Waals surface area contributed by atoms with Gasteiger partial charge in [-0.3, -0.25) is 9.32 Å². The molecule has 4 N–H and O–H groups in total. The molecule has 0 rings (SSSR count). The monoisotopic (exact) mass is 459 g/mol. The molecule has 0 amide bonds. The van der Waals surface area contributed by atoms with Crippen molar-refractivity contribution in [3.05, 3.63) is 36.5 Å².